The summed E-state index contributed by atoms with van der Waals surface area (Å²) in [5.41, 5.74) is 1.98. The van der Waals surface area contributed by atoms with Gasteiger partial charge >= 0.3 is 0 Å². The Hall–Kier alpha value is -1.51. The van der Waals surface area contributed by atoms with Gasteiger partial charge in [-0.3, -0.25) is 4.98 Å². The number of hydrogen-bond acceptors (Lipinski definition) is 3. The van der Waals surface area contributed by atoms with Crippen molar-refractivity contribution in [3.63, 3.8) is 0 Å². The molecule has 66 valence electrons. The quantitative estimate of drug-likeness (QED) is 0.663. The molecule has 3 nitrogen and oxygen atoms in total. The van der Waals surface area contributed by atoms with E-state index in [1.165, 1.54) is 0 Å². The fourth-order valence-electron chi connectivity index (χ4n) is 1.21. The fourth-order valence-corrected chi connectivity index (χ4v) is 1.21. The van der Waals surface area contributed by atoms with Crippen molar-refractivity contribution < 1.29 is 0 Å². The number of pyridine rings is 1. The van der Waals surface area contributed by atoms with Crippen LogP contribution in [-0.4, -0.2) is 15.2 Å². The molecule has 0 radical (unpaired) electrons. The van der Waals surface area contributed by atoms with Crippen molar-refractivity contribution in [1.29, 1.82) is 0 Å². The van der Waals surface area contributed by atoms with Gasteiger partial charge in [0.05, 0.1) is 11.7 Å². The first-order valence-electron chi connectivity index (χ1n) is 4.35. The summed E-state index contributed by atoms with van der Waals surface area (Å²) in [4.78, 5) is 4.34. The molecule has 0 spiro atoms. The molecule has 2 rings (SSSR count). The number of fused-ring (bicyclic) bond motifs is 1. The van der Waals surface area contributed by atoms with Gasteiger partial charge in [-0.2, -0.15) is 10.2 Å². The van der Waals surface area contributed by atoms with E-state index in [9.17, 15) is 0 Å². The highest BCUT2D eigenvalue weighted by atomic mass is 15.1. The average molecular weight is 173 g/mol. The topological polar surface area (TPSA) is 38.7 Å². The second-order valence-electron chi connectivity index (χ2n) is 3.35. The van der Waals surface area contributed by atoms with Crippen LogP contribution in [0.5, 0.6) is 0 Å². The molecule has 0 unspecified atom stereocenters. The van der Waals surface area contributed by atoms with Gasteiger partial charge in [0.25, 0.3) is 0 Å². The minimum absolute atomic E-state index is 0.436. The molecule has 2 aromatic rings. The van der Waals surface area contributed by atoms with E-state index < -0.39 is 0 Å². The summed E-state index contributed by atoms with van der Waals surface area (Å²) in [5, 5.41) is 8.91. The van der Waals surface area contributed by atoms with Crippen LogP contribution in [0, 0.1) is 0 Å². The van der Waals surface area contributed by atoms with Crippen LogP contribution in [-0.2, 0) is 0 Å². The molecular formula is C10H11N3. The number of hydrogen-bond donors (Lipinski definition) is 0. The zero-order valence-electron chi connectivity index (χ0n) is 7.73. The maximum absolute atomic E-state index is 4.34. The molecular weight excluding hydrogens is 162 g/mol. The average Bonchev–Trinajstić information content (AvgIpc) is 2.17. The van der Waals surface area contributed by atoms with E-state index in [-0.39, 0.29) is 0 Å². The second-order valence-corrected chi connectivity index (χ2v) is 3.35. The first-order valence-corrected chi connectivity index (χ1v) is 4.35. The lowest BCUT2D eigenvalue weighted by Crippen LogP contribution is -1.93. The van der Waals surface area contributed by atoms with Crippen molar-refractivity contribution >= 4 is 10.9 Å². The van der Waals surface area contributed by atoms with Crippen LogP contribution < -0.4 is 0 Å². The molecule has 0 saturated heterocycles. The van der Waals surface area contributed by atoms with E-state index in [2.05, 4.69) is 29.0 Å². The van der Waals surface area contributed by atoms with Crippen LogP contribution in [0.2, 0.25) is 0 Å². The van der Waals surface area contributed by atoms with E-state index in [4.69, 9.17) is 0 Å². The largest absolute Gasteiger partial charge is 0.260 e. The van der Waals surface area contributed by atoms with E-state index in [1.807, 2.05) is 18.3 Å². The molecule has 2 aromatic heterocycles. The van der Waals surface area contributed by atoms with Gasteiger partial charge in [0.1, 0.15) is 0 Å². The molecule has 0 atom stereocenters. The summed E-state index contributed by atoms with van der Waals surface area (Å²) >= 11 is 0. The summed E-state index contributed by atoms with van der Waals surface area (Å²) < 4.78 is 0. The Morgan fingerprint density at radius 3 is 2.92 bits per heavy atom. The lowest BCUT2D eigenvalue weighted by molar-refractivity contribution is 0.824. The molecule has 0 N–H and O–H groups in total. The molecule has 0 bridgehead atoms. The van der Waals surface area contributed by atoms with Crippen molar-refractivity contribution in [2.75, 3.05) is 0 Å². The van der Waals surface area contributed by atoms with Gasteiger partial charge < -0.3 is 0 Å². The van der Waals surface area contributed by atoms with E-state index in [0.29, 0.717) is 5.92 Å². The van der Waals surface area contributed by atoms with Crippen molar-refractivity contribution in [3.05, 3.63) is 30.2 Å². The highest BCUT2D eigenvalue weighted by molar-refractivity contribution is 5.76. The fraction of sp³-hybridized carbons (Fsp3) is 0.300. The normalized spacial score (nSPS) is 11.0. The molecule has 0 aliphatic heterocycles. The Morgan fingerprint density at radius 1 is 1.31 bits per heavy atom. The van der Waals surface area contributed by atoms with Crippen LogP contribution in [0.25, 0.3) is 10.9 Å². The third-order valence-corrected chi connectivity index (χ3v) is 2.01. The first kappa shape index (κ1) is 8.10. The van der Waals surface area contributed by atoms with Gasteiger partial charge in [-0.05, 0) is 18.1 Å². The lowest BCUT2D eigenvalue weighted by atomic mass is 10.1. The molecule has 0 saturated carbocycles. The minimum atomic E-state index is 0.436. The van der Waals surface area contributed by atoms with Crippen LogP contribution in [0.4, 0.5) is 0 Å². The van der Waals surface area contributed by atoms with Crippen LogP contribution >= 0.6 is 0 Å². The summed E-state index contributed by atoms with van der Waals surface area (Å²) in [6, 6.07) is 3.91. The third-order valence-electron chi connectivity index (χ3n) is 2.01. The predicted octanol–water partition coefficient (Wildman–Crippen LogP) is 2.15. The Balaban J connectivity index is 2.62. The molecule has 2 heterocycles. The molecule has 13 heavy (non-hydrogen) atoms. The summed E-state index contributed by atoms with van der Waals surface area (Å²) in [6.07, 6.45) is 3.53. The zero-order valence-corrected chi connectivity index (χ0v) is 7.73. The maximum Gasteiger partial charge on any atom is 0.0963 e. The van der Waals surface area contributed by atoms with Gasteiger partial charge in [-0.25, -0.2) is 0 Å². The highest BCUT2D eigenvalue weighted by Crippen LogP contribution is 2.15. The zero-order chi connectivity index (χ0) is 9.26. The van der Waals surface area contributed by atoms with Crippen molar-refractivity contribution in [2.45, 2.75) is 19.8 Å². The second kappa shape index (κ2) is 3.09. The van der Waals surface area contributed by atoms with Gasteiger partial charge in [-0.1, -0.05) is 13.8 Å². The summed E-state index contributed by atoms with van der Waals surface area (Å²) in [6.45, 7) is 4.23. The smallest absolute Gasteiger partial charge is 0.0963 e. The molecule has 3 heteroatoms. The van der Waals surface area contributed by atoms with E-state index >= 15 is 0 Å². The monoisotopic (exact) mass is 173 g/mol. The summed E-state index contributed by atoms with van der Waals surface area (Å²) in [7, 11) is 0. The van der Waals surface area contributed by atoms with Gasteiger partial charge in [-0.15, -0.1) is 0 Å². The molecule has 0 aliphatic carbocycles. The highest BCUT2D eigenvalue weighted by Gasteiger charge is 2.02. The number of rotatable bonds is 1. The SMILES string of the molecule is CC(C)c1cc2nnccc2cn1. The maximum atomic E-state index is 4.34. The Labute approximate surface area is 76.8 Å². The van der Waals surface area contributed by atoms with Crippen molar-refractivity contribution in [3.8, 4) is 0 Å². The van der Waals surface area contributed by atoms with Gasteiger partial charge in [0.15, 0.2) is 0 Å². The minimum Gasteiger partial charge on any atom is -0.260 e. The molecule has 0 aromatic carbocycles. The van der Waals surface area contributed by atoms with E-state index in [0.717, 1.165) is 16.6 Å². The molecule has 0 fully saturated rings. The molecule has 0 amide bonds. The Morgan fingerprint density at radius 2 is 2.15 bits per heavy atom. The number of aromatic nitrogens is 3. The summed E-state index contributed by atoms with van der Waals surface area (Å²) in [5.74, 6) is 0.436. The molecule has 0 aliphatic rings. The van der Waals surface area contributed by atoms with Crippen molar-refractivity contribution in [2.24, 2.45) is 0 Å². The lowest BCUT2D eigenvalue weighted by Gasteiger charge is -2.03. The Bertz CT molecular complexity index is 423. The van der Waals surface area contributed by atoms with E-state index in [1.54, 1.807) is 6.20 Å². The number of nitrogens with zero attached hydrogens (tertiary/aromatic N) is 3. The van der Waals surface area contributed by atoms with Gasteiger partial charge in [0.2, 0.25) is 0 Å². The van der Waals surface area contributed by atoms with Crippen LogP contribution in [0.15, 0.2) is 24.5 Å². The van der Waals surface area contributed by atoms with Crippen LogP contribution in [0.3, 0.4) is 0 Å². The standard InChI is InChI=1S/C10H11N3/c1-7(2)9-5-10-8(6-11-9)3-4-12-13-10/h3-7H,1-2H3. The Kier molecular flexibility index (Phi) is 1.93. The third kappa shape index (κ3) is 1.49. The van der Waals surface area contributed by atoms with Crippen molar-refractivity contribution in [1.82, 2.24) is 15.2 Å². The van der Waals surface area contributed by atoms with Crippen LogP contribution in [0.1, 0.15) is 25.5 Å². The van der Waals surface area contributed by atoms with Gasteiger partial charge in [0, 0.05) is 17.3 Å². The first-order chi connectivity index (χ1) is 6.27. The predicted molar refractivity (Wildman–Crippen MR) is 51.4 cm³/mol.